The lowest BCUT2D eigenvalue weighted by Crippen LogP contribution is -2.67. The van der Waals surface area contributed by atoms with Crippen LogP contribution < -0.4 is 4.74 Å². The van der Waals surface area contributed by atoms with E-state index >= 15 is 0 Å². The summed E-state index contributed by atoms with van der Waals surface area (Å²) in [7, 11) is 0. The number of hydrogen-bond acceptors (Lipinski definition) is 19. The molecule has 0 N–H and O–H groups in total. The fourth-order valence-electron chi connectivity index (χ4n) is 5.33. The molecule has 2 aliphatic rings. The van der Waals surface area contributed by atoms with Crippen LogP contribution in [-0.4, -0.2) is 123 Å². The third kappa shape index (κ3) is 12.0. The molecule has 0 spiro atoms. The molecule has 10 atom stereocenters. The molecule has 19 nitrogen and oxygen atoms in total. The van der Waals surface area contributed by atoms with Gasteiger partial charge in [0.25, 0.3) is 0 Å². The van der Waals surface area contributed by atoms with Crippen molar-refractivity contribution in [2.45, 2.75) is 110 Å². The first-order valence-corrected chi connectivity index (χ1v) is 15.8. The van der Waals surface area contributed by atoms with E-state index in [9.17, 15) is 38.4 Å². The number of carbonyl (C=O) groups is 8. The second-order valence-electron chi connectivity index (χ2n) is 11.5. The maximum Gasteiger partial charge on any atom is 0.303 e. The lowest BCUT2D eigenvalue weighted by Gasteiger charge is -2.48. The van der Waals surface area contributed by atoms with Gasteiger partial charge in [0, 0.05) is 54.0 Å². The molecular formula is C33H40O19. The van der Waals surface area contributed by atoms with Gasteiger partial charge in [-0.1, -0.05) is 0 Å². The van der Waals surface area contributed by atoms with Gasteiger partial charge in [-0.3, -0.25) is 38.4 Å². The molecule has 19 heteroatoms. The highest BCUT2D eigenvalue weighted by molar-refractivity contribution is 5.75. The van der Waals surface area contributed by atoms with Crippen molar-refractivity contribution in [2.24, 2.45) is 0 Å². The molecule has 2 fully saturated rings. The number of esters is 7. The van der Waals surface area contributed by atoms with Crippen molar-refractivity contribution in [3.63, 3.8) is 0 Å². The Labute approximate surface area is 297 Å². The Hall–Kier alpha value is -5.14. The molecule has 0 unspecified atom stereocenters. The summed E-state index contributed by atoms with van der Waals surface area (Å²) < 4.78 is 62.2. The Kier molecular flexibility index (Phi) is 15.0. The Bertz CT molecular complexity index is 1470. The van der Waals surface area contributed by atoms with E-state index in [4.69, 9.17) is 52.1 Å². The number of ether oxygens (including phenoxy) is 11. The van der Waals surface area contributed by atoms with Crippen LogP contribution in [0, 0.1) is 0 Å². The standard InChI is InChI=1S/C33H40O19/c1-15(35)42-13-24-26(44-17(3)37)28(45-18(4)38)31(48-21(7)41)33(51-24)52-27-25(14-43-16(2)36)50-32(49-23-10-8-22(12-34)9-11-23)30(47-20(6)40)29(27)46-19(5)39/h8-12,24-33H,13-14H2,1-7H3/t24-,25-,26+,27-,28+,29+,30-,31-,32-,33+/m1/s1. The topological polar surface area (TPSA) is 238 Å². The summed E-state index contributed by atoms with van der Waals surface area (Å²) in [6.07, 6.45) is -15.4. The zero-order valence-electron chi connectivity index (χ0n) is 29.3. The molecule has 0 bridgehead atoms. The van der Waals surface area contributed by atoms with Gasteiger partial charge < -0.3 is 52.1 Å². The number of carbonyl (C=O) groups excluding carboxylic acids is 8. The van der Waals surface area contributed by atoms with E-state index in [0.29, 0.717) is 11.8 Å². The number of hydrogen-bond donors (Lipinski definition) is 0. The van der Waals surface area contributed by atoms with E-state index in [1.807, 2.05) is 0 Å². The molecule has 2 heterocycles. The van der Waals surface area contributed by atoms with Crippen LogP contribution in [0.2, 0.25) is 0 Å². The first-order valence-electron chi connectivity index (χ1n) is 15.8. The lowest BCUT2D eigenvalue weighted by atomic mass is 9.96. The Morgan fingerprint density at radius 2 is 0.904 bits per heavy atom. The summed E-state index contributed by atoms with van der Waals surface area (Å²) in [5.41, 5.74) is 0.317. The quantitative estimate of drug-likeness (QED) is 0.143. The molecule has 0 amide bonds. The number of aldehydes is 1. The highest BCUT2D eigenvalue weighted by Gasteiger charge is 2.58. The van der Waals surface area contributed by atoms with Crippen molar-refractivity contribution in [3.05, 3.63) is 29.8 Å². The molecular weight excluding hydrogens is 700 g/mol. The van der Waals surface area contributed by atoms with Gasteiger partial charge >= 0.3 is 41.8 Å². The van der Waals surface area contributed by atoms with Crippen molar-refractivity contribution in [1.29, 1.82) is 0 Å². The molecule has 0 radical (unpaired) electrons. The first kappa shape index (κ1) is 41.3. The average molecular weight is 741 g/mol. The summed E-state index contributed by atoms with van der Waals surface area (Å²) in [6.45, 7) is 6.22. The Morgan fingerprint density at radius 3 is 1.35 bits per heavy atom. The predicted molar refractivity (Wildman–Crippen MR) is 166 cm³/mol. The summed E-state index contributed by atoms with van der Waals surface area (Å²) in [4.78, 5) is 96.7. The fourth-order valence-corrected chi connectivity index (χ4v) is 5.33. The molecule has 0 saturated carbocycles. The summed E-state index contributed by atoms with van der Waals surface area (Å²) >= 11 is 0. The molecule has 0 aliphatic carbocycles. The fraction of sp³-hybridized carbons (Fsp3) is 0.576. The van der Waals surface area contributed by atoms with E-state index < -0.39 is 116 Å². The predicted octanol–water partition coefficient (Wildman–Crippen LogP) is 0.498. The van der Waals surface area contributed by atoms with E-state index in [0.717, 1.165) is 48.5 Å². The van der Waals surface area contributed by atoms with Crippen LogP contribution in [0.3, 0.4) is 0 Å². The van der Waals surface area contributed by atoms with Crippen LogP contribution in [0.25, 0.3) is 0 Å². The molecule has 2 saturated heterocycles. The number of rotatable bonds is 14. The van der Waals surface area contributed by atoms with Gasteiger partial charge in [-0.25, -0.2) is 0 Å². The minimum Gasteiger partial charge on any atom is -0.463 e. The molecule has 286 valence electrons. The van der Waals surface area contributed by atoms with Gasteiger partial charge in [-0.05, 0) is 24.3 Å². The third-order valence-electron chi connectivity index (χ3n) is 7.15. The minimum absolute atomic E-state index is 0.125. The molecule has 2 aliphatic heterocycles. The second kappa shape index (κ2) is 18.9. The van der Waals surface area contributed by atoms with E-state index in [-0.39, 0.29) is 5.75 Å². The van der Waals surface area contributed by atoms with Crippen LogP contribution in [0.1, 0.15) is 58.8 Å². The van der Waals surface area contributed by atoms with E-state index in [2.05, 4.69) is 0 Å². The third-order valence-corrected chi connectivity index (χ3v) is 7.15. The zero-order valence-corrected chi connectivity index (χ0v) is 29.3. The van der Waals surface area contributed by atoms with Crippen molar-refractivity contribution < 1.29 is 90.5 Å². The highest BCUT2D eigenvalue weighted by Crippen LogP contribution is 2.36. The first-order chi connectivity index (χ1) is 24.5. The van der Waals surface area contributed by atoms with Crippen LogP contribution in [-0.2, 0) is 80.9 Å². The molecule has 0 aromatic heterocycles. The SMILES string of the molecule is CC(=O)OC[C@H]1O[C@@H](O[C@H]2[C@H](OC(C)=O)[C@@H](OC(C)=O)[C@H](Oc3ccc(C=O)cc3)O[C@@H]2COC(C)=O)[C@H](OC(C)=O)[C@@H](OC(C)=O)[C@H]1OC(C)=O. The summed E-state index contributed by atoms with van der Waals surface area (Å²) in [5.74, 6) is -5.88. The van der Waals surface area contributed by atoms with Crippen molar-refractivity contribution >= 4 is 48.1 Å². The van der Waals surface area contributed by atoms with E-state index in [1.54, 1.807) is 0 Å². The molecule has 1 aromatic rings. The molecule has 1 aromatic carbocycles. The highest BCUT2D eigenvalue weighted by atomic mass is 16.8. The van der Waals surface area contributed by atoms with Gasteiger partial charge in [0.2, 0.25) is 12.4 Å². The van der Waals surface area contributed by atoms with E-state index in [1.165, 1.54) is 24.3 Å². The smallest absolute Gasteiger partial charge is 0.303 e. The normalized spacial score (nSPS) is 28.2. The van der Waals surface area contributed by atoms with Crippen LogP contribution in [0.5, 0.6) is 5.75 Å². The van der Waals surface area contributed by atoms with Gasteiger partial charge in [0.1, 0.15) is 43.6 Å². The molecule has 3 rings (SSSR count). The maximum atomic E-state index is 12.5. The van der Waals surface area contributed by atoms with Crippen molar-refractivity contribution in [3.8, 4) is 5.75 Å². The second-order valence-corrected chi connectivity index (χ2v) is 11.5. The Morgan fingerprint density at radius 1 is 0.519 bits per heavy atom. The van der Waals surface area contributed by atoms with Crippen LogP contribution in [0.15, 0.2) is 24.3 Å². The maximum absolute atomic E-state index is 12.5. The number of benzene rings is 1. The largest absolute Gasteiger partial charge is 0.463 e. The van der Waals surface area contributed by atoms with Crippen molar-refractivity contribution in [1.82, 2.24) is 0 Å². The monoisotopic (exact) mass is 740 g/mol. The van der Waals surface area contributed by atoms with Crippen LogP contribution in [0.4, 0.5) is 0 Å². The summed E-state index contributed by atoms with van der Waals surface area (Å²) in [6, 6.07) is 5.70. The average Bonchev–Trinajstić information content (AvgIpc) is 3.03. The van der Waals surface area contributed by atoms with Crippen molar-refractivity contribution in [2.75, 3.05) is 13.2 Å². The van der Waals surface area contributed by atoms with Gasteiger partial charge in [0.15, 0.2) is 30.7 Å². The minimum atomic E-state index is -1.82. The lowest BCUT2D eigenvalue weighted by molar-refractivity contribution is -0.354. The van der Waals surface area contributed by atoms with Gasteiger partial charge in [-0.2, -0.15) is 0 Å². The van der Waals surface area contributed by atoms with Gasteiger partial charge in [-0.15, -0.1) is 0 Å². The Balaban J connectivity index is 2.16. The van der Waals surface area contributed by atoms with Gasteiger partial charge in [0.05, 0.1) is 0 Å². The molecule has 52 heavy (non-hydrogen) atoms. The van der Waals surface area contributed by atoms with Crippen LogP contribution >= 0.6 is 0 Å². The zero-order chi connectivity index (χ0) is 38.7. The summed E-state index contributed by atoms with van der Waals surface area (Å²) in [5, 5.41) is 0.